The Bertz CT molecular complexity index is 411. The van der Waals surface area contributed by atoms with Crippen LogP contribution in [0.15, 0.2) is 0 Å². The summed E-state index contributed by atoms with van der Waals surface area (Å²) in [6.07, 6.45) is 2.60. The molecule has 0 atom stereocenters. The van der Waals surface area contributed by atoms with Crippen molar-refractivity contribution in [1.82, 2.24) is 19.9 Å². The molecule has 1 fully saturated rings. The van der Waals surface area contributed by atoms with Gasteiger partial charge in [0.05, 0.1) is 6.61 Å². The minimum atomic E-state index is 0.168. The Morgan fingerprint density at radius 1 is 1.26 bits per heavy atom. The zero-order chi connectivity index (χ0) is 13.7. The van der Waals surface area contributed by atoms with E-state index >= 15 is 0 Å². The number of ether oxygens (including phenoxy) is 1. The molecule has 2 rings (SSSR count). The summed E-state index contributed by atoms with van der Waals surface area (Å²) in [5.74, 6) is 0.558. The molecule has 0 N–H and O–H groups in total. The summed E-state index contributed by atoms with van der Waals surface area (Å²) >= 11 is 5.88. The zero-order valence-electron chi connectivity index (χ0n) is 11.5. The smallest absolute Gasteiger partial charge is 0.322 e. The second-order valence-electron chi connectivity index (χ2n) is 4.59. The molecule has 2 heterocycles. The minimum absolute atomic E-state index is 0.168. The van der Waals surface area contributed by atoms with Crippen molar-refractivity contribution in [2.45, 2.75) is 19.8 Å². The normalized spacial score (nSPS) is 15.7. The third-order valence-electron chi connectivity index (χ3n) is 3.14. The largest absolute Gasteiger partial charge is 0.464 e. The predicted octanol–water partition coefficient (Wildman–Crippen LogP) is 1.46. The highest BCUT2D eigenvalue weighted by atomic mass is 35.5. The maximum absolute atomic E-state index is 5.88. The van der Waals surface area contributed by atoms with E-state index in [0.717, 1.165) is 13.1 Å². The van der Waals surface area contributed by atoms with Gasteiger partial charge in [0.1, 0.15) is 0 Å². The van der Waals surface area contributed by atoms with E-state index in [-0.39, 0.29) is 11.3 Å². The lowest BCUT2D eigenvalue weighted by Gasteiger charge is -2.21. The van der Waals surface area contributed by atoms with Gasteiger partial charge in [-0.15, -0.1) is 0 Å². The van der Waals surface area contributed by atoms with E-state index in [9.17, 15) is 0 Å². The summed E-state index contributed by atoms with van der Waals surface area (Å²) in [6, 6.07) is 0.283. The van der Waals surface area contributed by atoms with Crippen LogP contribution in [0, 0.1) is 0 Å². The van der Waals surface area contributed by atoms with E-state index in [1.54, 1.807) is 0 Å². The maximum Gasteiger partial charge on any atom is 0.322 e. The number of likely N-dealkylation sites (tertiary alicyclic amines) is 1. The van der Waals surface area contributed by atoms with Gasteiger partial charge in [0, 0.05) is 20.1 Å². The molecule has 0 bridgehead atoms. The monoisotopic (exact) mass is 285 g/mol. The molecule has 1 saturated heterocycles. The molecule has 0 unspecified atom stereocenters. The van der Waals surface area contributed by atoms with E-state index in [0.29, 0.717) is 12.6 Å². The topological polar surface area (TPSA) is 54.4 Å². The molecule has 0 aliphatic carbocycles. The molecule has 1 aromatic rings. The second-order valence-corrected chi connectivity index (χ2v) is 4.93. The van der Waals surface area contributed by atoms with Crippen LogP contribution in [0.3, 0.4) is 0 Å². The average molecular weight is 286 g/mol. The quantitative estimate of drug-likeness (QED) is 0.789. The summed E-state index contributed by atoms with van der Waals surface area (Å²) in [5, 5.41) is 0.168. The van der Waals surface area contributed by atoms with Crippen LogP contribution in [0.2, 0.25) is 5.28 Å². The SMILES string of the molecule is CCOc1nc(Cl)nc(N(C)CCN2CCCC2)n1. The Morgan fingerprint density at radius 3 is 2.68 bits per heavy atom. The first-order valence-corrected chi connectivity index (χ1v) is 7.04. The van der Waals surface area contributed by atoms with Gasteiger partial charge >= 0.3 is 6.01 Å². The summed E-state index contributed by atoms with van der Waals surface area (Å²) in [4.78, 5) is 16.7. The first kappa shape index (κ1) is 14.3. The fourth-order valence-electron chi connectivity index (χ4n) is 2.08. The summed E-state index contributed by atoms with van der Waals surface area (Å²) < 4.78 is 5.27. The highest BCUT2D eigenvalue weighted by molar-refractivity contribution is 6.28. The average Bonchev–Trinajstić information content (AvgIpc) is 2.88. The lowest BCUT2D eigenvalue weighted by Crippen LogP contribution is -2.32. The highest BCUT2D eigenvalue weighted by Crippen LogP contribution is 2.14. The van der Waals surface area contributed by atoms with Gasteiger partial charge in [-0.25, -0.2) is 0 Å². The molecule has 7 heteroatoms. The molecular formula is C12H20ClN5O. The number of hydrogen-bond donors (Lipinski definition) is 0. The Hall–Kier alpha value is -1.14. The summed E-state index contributed by atoms with van der Waals surface area (Å²) in [5.41, 5.74) is 0. The number of hydrogen-bond acceptors (Lipinski definition) is 6. The number of nitrogens with zero attached hydrogens (tertiary/aromatic N) is 5. The first-order valence-electron chi connectivity index (χ1n) is 6.67. The van der Waals surface area contributed by atoms with Crippen molar-refractivity contribution in [1.29, 1.82) is 0 Å². The molecule has 106 valence electrons. The first-order chi connectivity index (χ1) is 9.19. The molecule has 0 spiro atoms. The fourth-order valence-corrected chi connectivity index (χ4v) is 2.23. The summed E-state index contributed by atoms with van der Waals surface area (Å²) in [6.45, 7) is 6.66. The molecule has 1 aromatic heterocycles. The van der Waals surface area contributed by atoms with Gasteiger partial charge in [-0.1, -0.05) is 0 Å². The molecule has 19 heavy (non-hydrogen) atoms. The van der Waals surface area contributed by atoms with Crippen LogP contribution in [-0.4, -0.2) is 59.7 Å². The third-order valence-corrected chi connectivity index (χ3v) is 3.31. The lowest BCUT2D eigenvalue weighted by atomic mass is 10.4. The Kier molecular flexibility index (Phi) is 5.15. The van der Waals surface area contributed by atoms with Crippen molar-refractivity contribution < 1.29 is 4.74 Å². The van der Waals surface area contributed by atoms with E-state index in [2.05, 4.69) is 19.9 Å². The molecule has 0 aromatic carbocycles. The fraction of sp³-hybridized carbons (Fsp3) is 0.750. The number of anilines is 1. The van der Waals surface area contributed by atoms with Gasteiger partial charge in [-0.05, 0) is 44.5 Å². The van der Waals surface area contributed by atoms with Crippen molar-refractivity contribution in [2.75, 3.05) is 44.7 Å². The van der Waals surface area contributed by atoms with Gasteiger partial charge in [0.25, 0.3) is 0 Å². The van der Waals surface area contributed by atoms with Crippen LogP contribution in [0.25, 0.3) is 0 Å². The molecule has 0 saturated carbocycles. The van der Waals surface area contributed by atoms with Crippen molar-refractivity contribution >= 4 is 17.5 Å². The van der Waals surface area contributed by atoms with Gasteiger partial charge < -0.3 is 14.5 Å². The summed E-state index contributed by atoms with van der Waals surface area (Å²) in [7, 11) is 1.96. The van der Waals surface area contributed by atoms with Crippen molar-refractivity contribution in [2.24, 2.45) is 0 Å². The van der Waals surface area contributed by atoms with E-state index in [1.165, 1.54) is 25.9 Å². The zero-order valence-corrected chi connectivity index (χ0v) is 12.2. The van der Waals surface area contributed by atoms with Gasteiger partial charge in [0.15, 0.2) is 0 Å². The van der Waals surface area contributed by atoms with Gasteiger partial charge in [0.2, 0.25) is 11.2 Å². The number of rotatable bonds is 6. The molecule has 0 amide bonds. The number of likely N-dealkylation sites (N-methyl/N-ethyl adjacent to an activating group) is 1. The Labute approximate surface area is 118 Å². The van der Waals surface area contributed by atoms with Crippen LogP contribution < -0.4 is 9.64 Å². The molecule has 6 nitrogen and oxygen atoms in total. The van der Waals surface area contributed by atoms with Crippen molar-refractivity contribution in [3.05, 3.63) is 5.28 Å². The van der Waals surface area contributed by atoms with Crippen LogP contribution in [0.1, 0.15) is 19.8 Å². The van der Waals surface area contributed by atoms with E-state index < -0.39 is 0 Å². The lowest BCUT2D eigenvalue weighted by molar-refractivity contribution is 0.311. The number of aromatic nitrogens is 3. The van der Waals surface area contributed by atoms with Crippen LogP contribution in [0.5, 0.6) is 6.01 Å². The third kappa shape index (κ3) is 4.18. The van der Waals surface area contributed by atoms with Crippen LogP contribution in [0.4, 0.5) is 5.95 Å². The van der Waals surface area contributed by atoms with Gasteiger partial charge in [-0.2, -0.15) is 15.0 Å². The van der Waals surface area contributed by atoms with E-state index in [4.69, 9.17) is 16.3 Å². The standard InChI is InChI=1S/C12H20ClN5O/c1-3-19-12-15-10(13)14-11(16-12)17(2)8-9-18-6-4-5-7-18/h3-9H2,1-2H3. The molecule has 1 aliphatic heterocycles. The molecular weight excluding hydrogens is 266 g/mol. The highest BCUT2D eigenvalue weighted by Gasteiger charge is 2.14. The van der Waals surface area contributed by atoms with Gasteiger partial charge in [-0.3, -0.25) is 0 Å². The van der Waals surface area contributed by atoms with Crippen LogP contribution in [-0.2, 0) is 0 Å². The van der Waals surface area contributed by atoms with Crippen LogP contribution >= 0.6 is 11.6 Å². The Morgan fingerprint density at radius 2 is 2.00 bits per heavy atom. The minimum Gasteiger partial charge on any atom is -0.464 e. The van der Waals surface area contributed by atoms with Crippen molar-refractivity contribution in [3.8, 4) is 6.01 Å². The maximum atomic E-state index is 5.88. The number of halogens is 1. The predicted molar refractivity (Wildman–Crippen MR) is 75.0 cm³/mol. The Balaban J connectivity index is 1.94. The van der Waals surface area contributed by atoms with E-state index in [1.807, 2.05) is 18.9 Å². The molecule has 1 aliphatic rings. The van der Waals surface area contributed by atoms with Crippen molar-refractivity contribution in [3.63, 3.8) is 0 Å². The molecule has 0 radical (unpaired) electrons. The second kappa shape index (κ2) is 6.86.